The number of imidazole rings is 1. The molecule has 4 rings (SSSR count). The van der Waals surface area contributed by atoms with Crippen LogP contribution in [0.4, 0.5) is 0 Å². The van der Waals surface area contributed by atoms with Gasteiger partial charge in [-0.05, 0) is 17.8 Å². The number of nitrogens with zero attached hydrogens (tertiary/aromatic N) is 2. The topological polar surface area (TPSA) is 54.6 Å². The summed E-state index contributed by atoms with van der Waals surface area (Å²) in [6.07, 6.45) is 2.73. The van der Waals surface area contributed by atoms with Crippen LogP contribution in [0.15, 0.2) is 6.20 Å². The van der Waals surface area contributed by atoms with Crippen molar-refractivity contribution in [1.29, 1.82) is 0 Å². The molecule has 0 bridgehead atoms. The zero-order valence-corrected chi connectivity index (χ0v) is 10.4. The number of carboxylic acid groups (broad SMARTS) is 1. The van der Waals surface area contributed by atoms with Crippen LogP contribution in [-0.2, 0) is 6.42 Å². The lowest BCUT2D eigenvalue weighted by atomic mass is 10.0. The third kappa shape index (κ3) is 0.989. The summed E-state index contributed by atoms with van der Waals surface area (Å²) in [6.45, 7) is 4.63. The van der Waals surface area contributed by atoms with Gasteiger partial charge in [-0.15, -0.1) is 11.3 Å². The molecule has 2 aromatic rings. The number of rotatable bonds is 1. The zero-order chi connectivity index (χ0) is 11.9. The van der Waals surface area contributed by atoms with Crippen molar-refractivity contribution >= 4 is 22.3 Å². The lowest BCUT2D eigenvalue weighted by Gasteiger charge is -2.06. The molecule has 1 fully saturated rings. The smallest absolute Gasteiger partial charge is 0.356 e. The maximum absolute atomic E-state index is 10.9. The molecule has 0 aliphatic heterocycles. The highest BCUT2D eigenvalue weighted by molar-refractivity contribution is 7.17. The van der Waals surface area contributed by atoms with Gasteiger partial charge in [0.15, 0.2) is 10.7 Å². The van der Waals surface area contributed by atoms with Gasteiger partial charge in [0.2, 0.25) is 0 Å². The number of hydrogen-bond acceptors (Lipinski definition) is 3. The molecule has 2 heterocycles. The Morgan fingerprint density at radius 1 is 1.65 bits per heavy atom. The Hall–Kier alpha value is -1.36. The normalized spacial score (nSPS) is 28.1. The molecule has 88 valence electrons. The first-order chi connectivity index (χ1) is 8.00. The van der Waals surface area contributed by atoms with E-state index in [-0.39, 0.29) is 5.69 Å². The van der Waals surface area contributed by atoms with Crippen LogP contribution in [0.25, 0.3) is 4.96 Å². The van der Waals surface area contributed by atoms with Crippen LogP contribution < -0.4 is 0 Å². The SMILES string of the molecule is CC1(C)C2Cc3c(sc4nc(C(=O)O)cn34)C21. The van der Waals surface area contributed by atoms with Gasteiger partial charge in [-0.1, -0.05) is 13.8 Å². The molecule has 5 heteroatoms. The number of aromatic nitrogens is 2. The number of carbonyl (C=O) groups is 1. The van der Waals surface area contributed by atoms with Crippen LogP contribution in [-0.4, -0.2) is 20.5 Å². The van der Waals surface area contributed by atoms with Gasteiger partial charge < -0.3 is 5.11 Å². The van der Waals surface area contributed by atoms with E-state index >= 15 is 0 Å². The molecular formula is C12H12N2O2S. The summed E-state index contributed by atoms with van der Waals surface area (Å²) in [6, 6.07) is 0. The number of thiazole rings is 1. The minimum absolute atomic E-state index is 0.152. The molecule has 2 unspecified atom stereocenters. The Bertz CT molecular complexity index is 667. The first-order valence-electron chi connectivity index (χ1n) is 5.74. The summed E-state index contributed by atoms with van der Waals surface area (Å²) in [5.74, 6) is 0.486. The molecule has 1 N–H and O–H groups in total. The van der Waals surface area contributed by atoms with Gasteiger partial charge in [0, 0.05) is 22.7 Å². The molecule has 2 aliphatic carbocycles. The van der Waals surface area contributed by atoms with Gasteiger partial charge in [0.25, 0.3) is 0 Å². The van der Waals surface area contributed by atoms with Crippen molar-refractivity contribution in [2.24, 2.45) is 11.3 Å². The second-order valence-corrected chi connectivity index (χ2v) is 6.62. The number of fused-ring (bicyclic) bond motifs is 5. The van der Waals surface area contributed by atoms with Gasteiger partial charge in [-0.3, -0.25) is 4.40 Å². The van der Waals surface area contributed by atoms with E-state index in [1.807, 2.05) is 4.40 Å². The molecule has 2 atom stereocenters. The average molecular weight is 248 g/mol. The van der Waals surface area contributed by atoms with Gasteiger partial charge in [0.05, 0.1) is 0 Å². The third-order valence-electron chi connectivity index (χ3n) is 4.42. The maximum atomic E-state index is 10.9. The number of carboxylic acids is 1. The first kappa shape index (κ1) is 9.65. The zero-order valence-electron chi connectivity index (χ0n) is 9.60. The average Bonchev–Trinajstić information content (AvgIpc) is 2.66. The molecule has 2 aliphatic rings. The fraction of sp³-hybridized carbons (Fsp3) is 0.500. The maximum Gasteiger partial charge on any atom is 0.356 e. The van der Waals surface area contributed by atoms with E-state index in [0.29, 0.717) is 11.3 Å². The van der Waals surface area contributed by atoms with Crippen LogP contribution in [0.2, 0.25) is 0 Å². The summed E-state index contributed by atoms with van der Waals surface area (Å²) in [5.41, 5.74) is 1.88. The molecule has 0 aromatic carbocycles. The Morgan fingerprint density at radius 3 is 3.12 bits per heavy atom. The lowest BCUT2D eigenvalue weighted by Crippen LogP contribution is -2.01. The highest BCUT2D eigenvalue weighted by Gasteiger charge is 2.63. The van der Waals surface area contributed by atoms with Crippen LogP contribution in [0.1, 0.15) is 40.8 Å². The highest BCUT2D eigenvalue weighted by atomic mass is 32.1. The van der Waals surface area contributed by atoms with Crippen LogP contribution >= 0.6 is 11.3 Å². The Morgan fingerprint density at radius 2 is 2.41 bits per heavy atom. The van der Waals surface area contributed by atoms with E-state index in [1.165, 1.54) is 10.6 Å². The predicted octanol–water partition coefficient (Wildman–Crippen LogP) is 2.39. The predicted molar refractivity (Wildman–Crippen MR) is 63.7 cm³/mol. The quantitative estimate of drug-likeness (QED) is 0.843. The van der Waals surface area contributed by atoms with Crippen molar-refractivity contribution in [2.75, 3.05) is 0 Å². The highest BCUT2D eigenvalue weighted by Crippen LogP contribution is 2.71. The largest absolute Gasteiger partial charge is 0.476 e. The van der Waals surface area contributed by atoms with Crippen molar-refractivity contribution in [1.82, 2.24) is 9.38 Å². The van der Waals surface area contributed by atoms with Crippen molar-refractivity contribution < 1.29 is 9.90 Å². The minimum Gasteiger partial charge on any atom is -0.476 e. The summed E-state index contributed by atoms with van der Waals surface area (Å²) >= 11 is 1.67. The fourth-order valence-corrected chi connectivity index (χ4v) is 4.80. The monoisotopic (exact) mass is 248 g/mol. The second kappa shape index (κ2) is 2.56. The van der Waals surface area contributed by atoms with Gasteiger partial charge in [-0.2, -0.15) is 0 Å². The summed E-state index contributed by atoms with van der Waals surface area (Å²) in [7, 11) is 0. The molecule has 0 radical (unpaired) electrons. The number of aromatic carboxylic acids is 1. The van der Waals surface area contributed by atoms with Crippen molar-refractivity contribution in [3.63, 3.8) is 0 Å². The Kier molecular flexibility index (Phi) is 1.45. The Balaban J connectivity index is 1.89. The molecule has 0 saturated heterocycles. The van der Waals surface area contributed by atoms with Crippen molar-refractivity contribution in [3.8, 4) is 0 Å². The van der Waals surface area contributed by atoms with E-state index in [2.05, 4.69) is 18.8 Å². The van der Waals surface area contributed by atoms with E-state index in [4.69, 9.17) is 5.11 Å². The second-order valence-electron chi connectivity index (χ2n) is 5.61. The lowest BCUT2D eigenvalue weighted by molar-refractivity contribution is 0.0691. The molecule has 0 amide bonds. The Labute approximate surface area is 102 Å². The van der Waals surface area contributed by atoms with Crippen LogP contribution in [0.5, 0.6) is 0 Å². The molecule has 2 aromatic heterocycles. The fourth-order valence-electron chi connectivity index (χ4n) is 3.30. The van der Waals surface area contributed by atoms with Crippen LogP contribution in [0.3, 0.4) is 0 Å². The molecule has 17 heavy (non-hydrogen) atoms. The summed E-state index contributed by atoms with van der Waals surface area (Å²) in [5, 5.41) is 8.93. The van der Waals surface area contributed by atoms with Gasteiger partial charge >= 0.3 is 5.97 Å². The van der Waals surface area contributed by atoms with E-state index < -0.39 is 5.97 Å². The van der Waals surface area contributed by atoms with Gasteiger partial charge in [-0.25, -0.2) is 9.78 Å². The summed E-state index contributed by atoms with van der Waals surface area (Å²) < 4.78 is 1.98. The van der Waals surface area contributed by atoms with E-state index in [1.54, 1.807) is 17.5 Å². The van der Waals surface area contributed by atoms with Gasteiger partial charge in [0.1, 0.15) is 0 Å². The van der Waals surface area contributed by atoms with Crippen LogP contribution in [0, 0.1) is 11.3 Å². The molecule has 0 spiro atoms. The first-order valence-corrected chi connectivity index (χ1v) is 6.55. The van der Waals surface area contributed by atoms with Crippen molar-refractivity contribution in [3.05, 3.63) is 22.5 Å². The molecule has 4 nitrogen and oxygen atoms in total. The minimum atomic E-state index is -0.946. The van der Waals surface area contributed by atoms with Crippen molar-refractivity contribution in [2.45, 2.75) is 26.2 Å². The van der Waals surface area contributed by atoms with E-state index in [0.717, 1.165) is 17.3 Å². The molecular weight excluding hydrogens is 236 g/mol. The standard InChI is InChI=1S/C12H12N2O2S/c1-12(2)5-3-7-9(8(5)12)17-11-13-6(10(15)16)4-14(7)11/h4-5,8H,3H2,1-2H3,(H,15,16). The summed E-state index contributed by atoms with van der Waals surface area (Å²) in [4.78, 5) is 17.3. The third-order valence-corrected chi connectivity index (χ3v) is 5.60. The van der Waals surface area contributed by atoms with E-state index in [9.17, 15) is 4.79 Å². The molecule has 1 saturated carbocycles. The number of hydrogen-bond donors (Lipinski definition) is 1.